The van der Waals surface area contributed by atoms with Gasteiger partial charge in [-0.15, -0.1) is 0 Å². The number of benzene rings is 1. The number of rotatable bonds is 9. The number of nitrogens with zero attached hydrogens (tertiary/aromatic N) is 3. The summed E-state index contributed by atoms with van der Waals surface area (Å²) in [6.07, 6.45) is 1.20. The van der Waals surface area contributed by atoms with Crippen LogP contribution in [0.3, 0.4) is 0 Å². The first-order valence-electron chi connectivity index (χ1n) is 10.5. The van der Waals surface area contributed by atoms with E-state index in [-0.39, 0.29) is 24.4 Å². The Morgan fingerprint density at radius 1 is 1.27 bits per heavy atom. The van der Waals surface area contributed by atoms with E-state index in [4.69, 9.17) is 4.74 Å². The summed E-state index contributed by atoms with van der Waals surface area (Å²) in [5, 5.41) is 0. The van der Waals surface area contributed by atoms with Crippen molar-refractivity contribution in [3.05, 3.63) is 83.7 Å². The summed E-state index contributed by atoms with van der Waals surface area (Å²) < 4.78 is 43.6. The lowest BCUT2D eigenvalue weighted by Gasteiger charge is -2.29. The van der Waals surface area contributed by atoms with E-state index >= 15 is 0 Å². The molecule has 5 nitrogen and oxygen atoms in total. The Balaban J connectivity index is 2.19. The number of carbonyl (C=O) groups excluding carboxylic acids is 1. The number of ether oxygens (including phenoxy) is 1. The Kier molecular flexibility index (Phi) is 8.96. The molecule has 1 amide bonds. The van der Waals surface area contributed by atoms with E-state index in [0.29, 0.717) is 17.8 Å². The minimum absolute atomic E-state index is 0.0614. The van der Waals surface area contributed by atoms with Gasteiger partial charge in [0.25, 0.3) is 5.91 Å². The van der Waals surface area contributed by atoms with E-state index in [1.54, 1.807) is 29.3 Å². The summed E-state index contributed by atoms with van der Waals surface area (Å²) >= 11 is 0. The monoisotopic (exact) mass is 459 g/mol. The quantitative estimate of drug-likeness (QED) is 0.349. The second kappa shape index (κ2) is 11.4. The Hall–Kier alpha value is -3.42. The van der Waals surface area contributed by atoms with Crippen LogP contribution < -0.4 is 4.74 Å². The van der Waals surface area contributed by atoms with Gasteiger partial charge >= 0.3 is 6.18 Å². The highest BCUT2D eigenvalue weighted by molar-refractivity contribution is 6.09. The molecule has 33 heavy (non-hydrogen) atoms. The fourth-order valence-electron chi connectivity index (χ4n) is 3.17. The molecule has 0 bridgehead atoms. The lowest BCUT2D eigenvalue weighted by Crippen LogP contribution is -2.42. The Morgan fingerprint density at radius 3 is 2.58 bits per heavy atom. The zero-order valence-corrected chi connectivity index (χ0v) is 19.2. The second-order valence-corrected chi connectivity index (χ2v) is 7.47. The fourth-order valence-corrected chi connectivity index (χ4v) is 3.17. The molecule has 0 spiro atoms. The molecule has 1 aromatic carbocycles. The minimum Gasteiger partial charge on any atom is -0.475 e. The molecular formula is C25H28F3N3O2. The van der Waals surface area contributed by atoms with Gasteiger partial charge in [0.2, 0.25) is 5.88 Å². The molecule has 0 saturated heterocycles. The highest BCUT2D eigenvalue weighted by Gasteiger charge is 2.31. The molecule has 2 rings (SSSR count). The van der Waals surface area contributed by atoms with Crippen molar-refractivity contribution >= 4 is 11.6 Å². The van der Waals surface area contributed by atoms with Gasteiger partial charge in [0, 0.05) is 41.8 Å². The van der Waals surface area contributed by atoms with Crippen LogP contribution in [0, 0.1) is 6.92 Å². The van der Waals surface area contributed by atoms with Crippen LogP contribution in [0.5, 0.6) is 5.88 Å². The van der Waals surface area contributed by atoms with Gasteiger partial charge in [0.05, 0.1) is 11.6 Å². The molecule has 0 aliphatic rings. The SMILES string of the molecule is C=C/C=C\N=C(C)c1cc(C)ccc1C(=O)N(CC)[C@@H](C)COc1ccc(C(F)(F)F)cn1. The van der Waals surface area contributed by atoms with E-state index in [1.807, 2.05) is 39.8 Å². The molecule has 0 fully saturated rings. The Morgan fingerprint density at radius 2 is 2.00 bits per heavy atom. The van der Waals surface area contributed by atoms with E-state index in [1.165, 1.54) is 6.07 Å². The molecule has 0 saturated carbocycles. The zero-order chi connectivity index (χ0) is 24.6. The molecule has 0 aliphatic carbocycles. The molecule has 2 aromatic rings. The second-order valence-electron chi connectivity index (χ2n) is 7.47. The summed E-state index contributed by atoms with van der Waals surface area (Å²) in [5.74, 6) is -0.127. The summed E-state index contributed by atoms with van der Waals surface area (Å²) in [4.78, 5) is 23.1. The normalized spacial score (nSPS) is 13.1. The lowest BCUT2D eigenvalue weighted by molar-refractivity contribution is -0.137. The number of aliphatic imine (C=N–C) groups is 1. The van der Waals surface area contributed by atoms with Gasteiger partial charge < -0.3 is 9.64 Å². The third-order valence-electron chi connectivity index (χ3n) is 4.96. The summed E-state index contributed by atoms with van der Waals surface area (Å²) in [5.41, 5.74) is 2.07. The Labute approximate surface area is 192 Å². The van der Waals surface area contributed by atoms with E-state index in [2.05, 4.69) is 16.6 Å². The van der Waals surface area contributed by atoms with Gasteiger partial charge in [-0.1, -0.05) is 24.3 Å². The van der Waals surface area contributed by atoms with Crippen LogP contribution >= 0.6 is 0 Å². The van der Waals surface area contributed by atoms with Crippen molar-refractivity contribution in [2.75, 3.05) is 13.2 Å². The number of aromatic nitrogens is 1. The molecule has 176 valence electrons. The number of halogens is 3. The van der Waals surface area contributed by atoms with Crippen LogP contribution in [0.4, 0.5) is 13.2 Å². The third kappa shape index (κ3) is 7.03. The topological polar surface area (TPSA) is 54.8 Å². The number of amides is 1. The van der Waals surface area contributed by atoms with Gasteiger partial charge in [-0.05, 0) is 52.0 Å². The van der Waals surface area contributed by atoms with Crippen molar-refractivity contribution in [2.24, 2.45) is 4.99 Å². The van der Waals surface area contributed by atoms with Crippen molar-refractivity contribution in [3.8, 4) is 5.88 Å². The first-order chi connectivity index (χ1) is 15.6. The van der Waals surface area contributed by atoms with Crippen LogP contribution in [-0.4, -0.2) is 40.7 Å². The maximum absolute atomic E-state index is 13.4. The number of pyridine rings is 1. The van der Waals surface area contributed by atoms with Crippen molar-refractivity contribution in [1.82, 2.24) is 9.88 Å². The molecule has 0 aliphatic heterocycles. The number of hydrogen-bond acceptors (Lipinski definition) is 4. The molecule has 0 N–H and O–H groups in total. The predicted molar refractivity (Wildman–Crippen MR) is 124 cm³/mol. The van der Waals surface area contributed by atoms with Crippen molar-refractivity contribution in [3.63, 3.8) is 0 Å². The molecule has 0 unspecified atom stereocenters. The molecule has 1 atom stereocenters. The number of likely N-dealkylation sites (N-methyl/N-ethyl adjacent to an activating group) is 1. The van der Waals surface area contributed by atoms with Gasteiger partial charge in [0.1, 0.15) is 6.61 Å². The maximum atomic E-state index is 13.4. The van der Waals surface area contributed by atoms with Gasteiger partial charge in [-0.2, -0.15) is 13.2 Å². The first kappa shape index (κ1) is 25.8. The number of carbonyl (C=O) groups is 1. The summed E-state index contributed by atoms with van der Waals surface area (Å²) in [6.45, 7) is 11.6. The molecule has 8 heteroatoms. The van der Waals surface area contributed by atoms with Crippen LogP contribution in [0.2, 0.25) is 0 Å². The van der Waals surface area contributed by atoms with Gasteiger partial charge in [-0.25, -0.2) is 4.98 Å². The van der Waals surface area contributed by atoms with Crippen molar-refractivity contribution < 1.29 is 22.7 Å². The number of aryl methyl sites for hydroxylation is 1. The summed E-state index contributed by atoms with van der Waals surface area (Å²) in [6, 6.07) is 7.29. The first-order valence-corrected chi connectivity index (χ1v) is 10.5. The molecule has 0 radical (unpaired) electrons. The van der Waals surface area contributed by atoms with Crippen LogP contribution in [0.25, 0.3) is 0 Å². The number of alkyl halides is 3. The minimum atomic E-state index is -4.46. The highest BCUT2D eigenvalue weighted by atomic mass is 19.4. The van der Waals surface area contributed by atoms with Crippen molar-refractivity contribution in [1.29, 1.82) is 0 Å². The average Bonchev–Trinajstić information content (AvgIpc) is 2.77. The van der Waals surface area contributed by atoms with Crippen molar-refractivity contribution in [2.45, 2.75) is 39.9 Å². The van der Waals surface area contributed by atoms with Crippen LogP contribution in [0.15, 0.2) is 66.5 Å². The molecule has 1 aromatic heterocycles. The zero-order valence-electron chi connectivity index (χ0n) is 19.2. The highest BCUT2D eigenvalue weighted by Crippen LogP contribution is 2.29. The van der Waals surface area contributed by atoms with E-state index in [9.17, 15) is 18.0 Å². The summed E-state index contributed by atoms with van der Waals surface area (Å²) in [7, 11) is 0. The average molecular weight is 460 g/mol. The van der Waals surface area contributed by atoms with Gasteiger partial charge in [-0.3, -0.25) is 9.79 Å². The molecule has 1 heterocycles. The Bertz CT molecular complexity index is 1030. The fraction of sp³-hybridized carbons (Fsp3) is 0.320. The van der Waals surface area contributed by atoms with Crippen LogP contribution in [0.1, 0.15) is 47.8 Å². The molecular weight excluding hydrogens is 431 g/mol. The van der Waals surface area contributed by atoms with Crippen LogP contribution in [-0.2, 0) is 6.18 Å². The lowest BCUT2D eigenvalue weighted by atomic mass is 9.99. The largest absolute Gasteiger partial charge is 0.475 e. The smallest absolute Gasteiger partial charge is 0.417 e. The standard InChI is InChI=1S/C25H28F3N3O2/c1-6-8-13-29-19(5)22-14-17(3)9-11-21(22)24(32)31(7-2)18(4)16-33-23-12-10-20(15-30-23)25(26,27)28/h6,8-15,18H,1,7,16H2,2-5H3/b13-8-,29-19?/t18-/m0/s1. The number of allylic oxidation sites excluding steroid dienone is 2. The van der Waals surface area contributed by atoms with E-state index < -0.39 is 11.7 Å². The van der Waals surface area contributed by atoms with Gasteiger partial charge in [0.15, 0.2) is 0 Å². The number of hydrogen-bond donors (Lipinski definition) is 0. The third-order valence-corrected chi connectivity index (χ3v) is 4.96. The van der Waals surface area contributed by atoms with E-state index in [0.717, 1.165) is 23.4 Å². The maximum Gasteiger partial charge on any atom is 0.417 e. The predicted octanol–water partition coefficient (Wildman–Crippen LogP) is 5.85.